The third-order valence-corrected chi connectivity index (χ3v) is 3.55. The molecule has 2 aromatic carbocycles. The fourth-order valence-electron chi connectivity index (χ4n) is 2.36. The molecule has 0 fully saturated rings. The number of carbonyl (C=O) groups is 1. The second-order valence-corrected chi connectivity index (χ2v) is 5.35. The van der Waals surface area contributed by atoms with Crippen LogP contribution in [0.25, 0.3) is 22.5 Å². The number of anilines is 1. The van der Waals surface area contributed by atoms with Crippen molar-refractivity contribution in [3.63, 3.8) is 0 Å². The van der Waals surface area contributed by atoms with Crippen LogP contribution in [0.15, 0.2) is 60.8 Å². The van der Waals surface area contributed by atoms with E-state index in [1.54, 1.807) is 6.20 Å². The minimum Gasteiger partial charge on any atom is -0.392 e. The van der Waals surface area contributed by atoms with Gasteiger partial charge in [0.1, 0.15) is 5.69 Å². The van der Waals surface area contributed by atoms with Gasteiger partial charge < -0.3 is 10.4 Å². The quantitative estimate of drug-likeness (QED) is 0.774. The highest BCUT2D eigenvalue weighted by atomic mass is 16.3. The van der Waals surface area contributed by atoms with E-state index in [1.807, 2.05) is 54.6 Å². The first-order valence-corrected chi connectivity index (χ1v) is 7.57. The molecule has 120 valence electrons. The smallest absolute Gasteiger partial charge is 0.222 e. The SMILES string of the molecule is CC(=O)Nc1ncc(-c2ccc(CO)cc2)nc1-c1ccccc1. The summed E-state index contributed by atoms with van der Waals surface area (Å²) >= 11 is 0. The van der Waals surface area contributed by atoms with Gasteiger partial charge in [0.15, 0.2) is 5.82 Å². The molecule has 1 aromatic heterocycles. The van der Waals surface area contributed by atoms with Gasteiger partial charge in [-0.05, 0) is 5.56 Å². The van der Waals surface area contributed by atoms with E-state index < -0.39 is 0 Å². The summed E-state index contributed by atoms with van der Waals surface area (Å²) in [4.78, 5) is 20.5. The van der Waals surface area contributed by atoms with Crippen LogP contribution in [-0.4, -0.2) is 21.0 Å². The molecule has 1 heterocycles. The second kappa shape index (κ2) is 7.02. The van der Waals surface area contributed by atoms with Gasteiger partial charge in [0, 0.05) is 18.1 Å². The summed E-state index contributed by atoms with van der Waals surface area (Å²) in [6.45, 7) is 1.45. The molecular weight excluding hydrogens is 302 g/mol. The number of carbonyl (C=O) groups excluding carboxylic acids is 1. The second-order valence-electron chi connectivity index (χ2n) is 5.35. The zero-order chi connectivity index (χ0) is 16.9. The summed E-state index contributed by atoms with van der Waals surface area (Å²) in [5, 5.41) is 11.9. The van der Waals surface area contributed by atoms with Gasteiger partial charge in [0.05, 0.1) is 18.5 Å². The summed E-state index contributed by atoms with van der Waals surface area (Å²) in [6.07, 6.45) is 1.63. The van der Waals surface area contributed by atoms with E-state index in [-0.39, 0.29) is 12.5 Å². The lowest BCUT2D eigenvalue weighted by Gasteiger charge is -2.11. The van der Waals surface area contributed by atoms with Gasteiger partial charge in [-0.1, -0.05) is 54.6 Å². The molecular formula is C19H17N3O2. The fraction of sp³-hybridized carbons (Fsp3) is 0.105. The zero-order valence-electron chi connectivity index (χ0n) is 13.2. The molecule has 0 spiro atoms. The molecule has 2 N–H and O–H groups in total. The van der Waals surface area contributed by atoms with Gasteiger partial charge in [-0.25, -0.2) is 9.97 Å². The van der Waals surface area contributed by atoms with E-state index in [0.717, 1.165) is 16.7 Å². The highest BCUT2D eigenvalue weighted by Crippen LogP contribution is 2.27. The highest BCUT2D eigenvalue weighted by molar-refractivity contribution is 5.91. The summed E-state index contributed by atoms with van der Waals surface area (Å²) in [5.41, 5.74) is 3.93. The molecule has 0 saturated carbocycles. The Morgan fingerprint density at radius 1 is 1.04 bits per heavy atom. The van der Waals surface area contributed by atoms with Crippen LogP contribution >= 0.6 is 0 Å². The minimum atomic E-state index is -0.193. The lowest BCUT2D eigenvalue weighted by atomic mass is 10.1. The first-order chi connectivity index (χ1) is 11.7. The number of amides is 1. The van der Waals surface area contributed by atoms with Crippen molar-refractivity contribution in [3.8, 4) is 22.5 Å². The summed E-state index contributed by atoms with van der Waals surface area (Å²) in [7, 11) is 0. The molecule has 0 radical (unpaired) electrons. The summed E-state index contributed by atoms with van der Waals surface area (Å²) in [6, 6.07) is 17.1. The third-order valence-electron chi connectivity index (χ3n) is 3.55. The molecule has 0 saturated heterocycles. The first kappa shape index (κ1) is 15.8. The number of aliphatic hydroxyl groups excluding tert-OH is 1. The van der Waals surface area contributed by atoms with Crippen LogP contribution in [0.4, 0.5) is 5.82 Å². The van der Waals surface area contributed by atoms with Crippen molar-refractivity contribution in [2.24, 2.45) is 0 Å². The Bertz CT molecular complexity index is 846. The Kier molecular flexibility index (Phi) is 4.63. The van der Waals surface area contributed by atoms with E-state index in [4.69, 9.17) is 5.11 Å². The Morgan fingerprint density at radius 2 is 1.75 bits per heavy atom. The fourth-order valence-corrected chi connectivity index (χ4v) is 2.36. The van der Waals surface area contributed by atoms with Gasteiger partial charge in [-0.15, -0.1) is 0 Å². The minimum absolute atomic E-state index is 0.00267. The molecule has 0 aliphatic rings. The van der Waals surface area contributed by atoms with Crippen LogP contribution in [0.3, 0.4) is 0 Å². The molecule has 1 amide bonds. The lowest BCUT2D eigenvalue weighted by Crippen LogP contribution is -2.10. The number of aromatic nitrogens is 2. The Hall–Kier alpha value is -3.05. The Labute approximate surface area is 140 Å². The predicted molar refractivity (Wildman–Crippen MR) is 93.1 cm³/mol. The van der Waals surface area contributed by atoms with E-state index in [1.165, 1.54) is 6.92 Å². The maximum atomic E-state index is 11.4. The molecule has 0 atom stereocenters. The van der Waals surface area contributed by atoms with Crippen LogP contribution in [0.5, 0.6) is 0 Å². The van der Waals surface area contributed by atoms with Gasteiger partial charge >= 0.3 is 0 Å². The number of nitrogens with zero attached hydrogens (tertiary/aromatic N) is 2. The number of aliphatic hydroxyl groups is 1. The number of nitrogens with one attached hydrogen (secondary N) is 1. The Balaban J connectivity index is 2.07. The summed E-state index contributed by atoms with van der Waals surface area (Å²) < 4.78 is 0. The van der Waals surface area contributed by atoms with Crippen molar-refractivity contribution in [1.82, 2.24) is 9.97 Å². The third kappa shape index (κ3) is 3.47. The number of benzene rings is 2. The Morgan fingerprint density at radius 3 is 2.38 bits per heavy atom. The normalized spacial score (nSPS) is 10.4. The van der Waals surface area contributed by atoms with E-state index in [9.17, 15) is 4.79 Å². The molecule has 3 rings (SSSR count). The maximum Gasteiger partial charge on any atom is 0.222 e. The van der Waals surface area contributed by atoms with Crippen molar-refractivity contribution in [2.75, 3.05) is 5.32 Å². The van der Waals surface area contributed by atoms with E-state index in [0.29, 0.717) is 17.2 Å². The lowest BCUT2D eigenvalue weighted by molar-refractivity contribution is -0.114. The average Bonchev–Trinajstić information content (AvgIpc) is 2.62. The molecule has 5 heteroatoms. The van der Waals surface area contributed by atoms with Crippen LogP contribution in [0.1, 0.15) is 12.5 Å². The predicted octanol–water partition coefficient (Wildman–Crippen LogP) is 3.26. The zero-order valence-corrected chi connectivity index (χ0v) is 13.2. The molecule has 0 unspecified atom stereocenters. The monoisotopic (exact) mass is 319 g/mol. The van der Waals surface area contributed by atoms with Crippen molar-refractivity contribution in [1.29, 1.82) is 0 Å². The van der Waals surface area contributed by atoms with Gasteiger partial charge in [-0.3, -0.25) is 4.79 Å². The molecule has 0 aliphatic carbocycles. The van der Waals surface area contributed by atoms with E-state index in [2.05, 4.69) is 15.3 Å². The standard InChI is InChI=1S/C19H17N3O2/c1-13(24)21-19-18(16-5-3-2-4-6-16)22-17(11-20-19)15-9-7-14(12-23)8-10-15/h2-11,23H,12H2,1H3,(H,20,21,24). The van der Waals surface area contributed by atoms with Crippen molar-refractivity contribution >= 4 is 11.7 Å². The highest BCUT2D eigenvalue weighted by Gasteiger charge is 2.12. The van der Waals surface area contributed by atoms with Crippen molar-refractivity contribution < 1.29 is 9.90 Å². The maximum absolute atomic E-state index is 11.4. The first-order valence-electron chi connectivity index (χ1n) is 7.57. The van der Waals surface area contributed by atoms with Gasteiger partial charge in [0.25, 0.3) is 0 Å². The van der Waals surface area contributed by atoms with Crippen molar-refractivity contribution in [3.05, 3.63) is 66.4 Å². The largest absolute Gasteiger partial charge is 0.392 e. The van der Waals surface area contributed by atoms with Crippen LogP contribution in [0, 0.1) is 0 Å². The topological polar surface area (TPSA) is 75.1 Å². The molecule has 0 aliphatic heterocycles. The van der Waals surface area contributed by atoms with E-state index >= 15 is 0 Å². The number of hydrogen-bond acceptors (Lipinski definition) is 4. The average molecular weight is 319 g/mol. The number of hydrogen-bond donors (Lipinski definition) is 2. The molecule has 5 nitrogen and oxygen atoms in total. The molecule has 0 bridgehead atoms. The van der Waals surface area contributed by atoms with Crippen LogP contribution < -0.4 is 5.32 Å². The van der Waals surface area contributed by atoms with Gasteiger partial charge in [0.2, 0.25) is 5.91 Å². The molecule has 24 heavy (non-hydrogen) atoms. The van der Waals surface area contributed by atoms with Gasteiger partial charge in [-0.2, -0.15) is 0 Å². The molecule has 3 aromatic rings. The van der Waals surface area contributed by atoms with Crippen LogP contribution in [-0.2, 0) is 11.4 Å². The summed E-state index contributed by atoms with van der Waals surface area (Å²) in [5.74, 6) is 0.242. The number of rotatable bonds is 4. The van der Waals surface area contributed by atoms with Crippen LogP contribution in [0.2, 0.25) is 0 Å². The van der Waals surface area contributed by atoms with Crippen molar-refractivity contribution in [2.45, 2.75) is 13.5 Å².